The molecule has 1 fully saturated rings. The molecule has 0 radical (unpaired) electrons. The Bertz CT molecular complexity index is 1370. The Balaban J connectivity index is 1.27. The van der Waals surface area contributed by atoms with E-state index in [1.807, 2.05) is 18.2 Å². The van der Waals surface area contributed by atoms with Crippen molar-refractivity contribution in [2.75, 3.05) is 31.1 Å². The minimum absolute atomic E-state index is 0.103. The number of hydrogen-bond acceptors (Lipinski definition) is 5. The average Bonchev–Trinajstić information content (AvgIpc) is 2.84. The van der Waals surface area contributed by atoms with Gasteiger partial charge in [-0.25, -0.2) is 9.18 Å². The maximum absolute atomic E-state index is 13.2. The Hall–Kier alpha value is -3.87. The van der Waals surface area contributed by atoms with E-state index in [9.17, 15) is 14.0 Å². The minimum atomic E-state index is -0.688. The SMILES string of the molecule is C[C@@H](Oc1ccc2c(c1)oc(=O)c1ccccc12)C(=O)N1CCN(c2ccc(F)cc2)CC1. The maximum atomic E-state index is 13.2. The molecule has 0 spiro atoms. The van der Waals surface area contributed by atoms with Crippen LogP contribution in [-0.2, 0) is 4.79 Å². The molecular weight excluding hydrogens is 423 g/mol. The second-order valence-electron chi connectivity index (χ2n) is 8.14. The van der Waals surface area contributed by atoms with E-state index in [-0.39, 0.29) is 11.7 Å². The quantitative estimate of drug-likeness (QED) is 0.347. The molecular formula is C26H23FN2O4. The molecule has 0 aliphatic carbocycles. The van der Waals surface area contributed by atoms with E-state index in [1.165, 1.54) is 12.1 Å². The Morgan fingerprint density at radius 3 is 2.36 bits per heavy atom. The molecule has 0 saturated carbocycles. The van der Waals surface area contributed by atoms with E-state index < -0.39 is 11.7 Å². The molecule has 6 nitrogen and oxygen atoms in total. The number of halogens is 1. The van der Waals surface area contributed by atoms with Crippen molar-refractivity contribution in [3.05, 3.63) is 83.0 Å². The monoisotopic (exact) mass is 446 g/mol. The van der Waals surface area contributed by atoms with Crippen LogP contribution in [0.3, 0.4) is 0 Å². The van der Waals surface area contributed by atoms with Gasteiger partial charge in [0.15, 0.2) is 6.10 Å². The van der Waals surface area contributed by atoms with Crippen molar-refractivity contribution < 1.29 is 18.3 Å². The van der Waals surface area contributed by atoms with Gasteiger partial charge in [0.25, 0.3) is 5.91 Å². The van der Waals surface area contributed by atoms with E-state index in [2.05, 4.69) is 4.90 Å². The lowest BCUT2D eigenvalue weighted by molar-refractivity contribution is -0.138. The van der Waals surface area contributed by atoms with Gasteiger partial charge in [0.1, 0.15) is 17.1 Å². The molecule has 0 N–H and O–H groups in total. The van der Waals surface area contributed by atoms with Crippen LogP contribution < -0.4 is 15.3 Å². The Labute approximate surface area is 189 Å². The van der Waals surface area contributed by atoms with Crippen molar-refractivity contribution in [2.24, 2.45) is 0 Å². The zero-order valence-corrected chi connectivity index (χ0v) is 18.2. The van der Waals surface area contributed by atoms with Gasteiger partial charge >= 0.3 is 5.63 Å². The van der Waals surface area contributed by atoms with Crippen molar-refractivity contribution in [3.63, 3.8) is 0 Å². The third-order valence-corrected chi connectivity index (χ3v) is 6.04. The largest absolute Gasteiger partial charge is 0.481 e. The van der Waals surface area contributed by atoms with Gasteiger partial charge < -0.3 is 19.0 Å². The van der Waals surface area contributed by atoms with Gasteiger partial charge in [0.05, 0.1) is 5.39 Å². The van der Waals surface area contributed by atoms with Crippen molar-refractivity contribution in [1.82, 2.24) is 4.90 Å². The van der Waals surface area contributed by atoms with Crippen LogP contribution in [0.5, 0.6) is 5.75 Å². The second kappa shape index (κ2) is 8.58. The molecule has 2 heterocycles. The summed E-state index contributed by atoms with van der Waals surface area (Å²) in [4.78, 5) is 29.1. The Kier molecular flexibility index (Phi) is 5.46. The Morgan fingerprint density at radius 1 is 0.939 bits per heavy atom. The van der Waals surface area contributed by atoms with E-state index in [1.54, 1.807) is 48.2 Å². The highest BCUT2D eigenvalue weighted by atomic mass is 19.1. The van der Waals surface area contributed by atoms with Crippen molar-refractivity contribution in [1.29, 1.82) is 0 Å². The molecule has 1 saturated heterocycles. The van der Waals surface area contributed by atoms with Crippen LogP contribution in [0, 0.1) is 5.82 Å². The number of fused-ring (bicyclic) bond motifs is 3. The topological polar surface area (TPSA) is 63.0 Å². The number of nitrogens with zero attached hydrogens (tertiary/aromatic N) is 2. The lowest BCUT2D eigenvalue weighted by Crippen LogP contribution is -2.52. The van der Waals surface area contributed by atoms with Crippen LogP contribution in [0.15, 0.2) is 75.9 Å². The van der Waals surface area contributed by atoms with Crippen LogP contribution in [0.4, 0.5) is 10.1 Å². The summed E-state index contributed by atoms with van der Waals surface area (Å²) < 4.78 is 24.5. The number of hydrogen-bond donors (Lipinski definition) is 0. The van der Waals surface area contributed by atoms with Gasteiger partial charge in [-0.15, -0.1) is 0 Å². The predicted octanol–water partition coefficient (Wildman–Crippen LogP) is 4.20. The molecule has 1 atom stereocenters. The van der Waals surface area contributed by atoms with Crippen LogP contribution >= 0.6 is 0 Å². The number of anilines is 1. The van der Waals surface area contributed by atoms with Gasteiger partial charge in [-0.3, -0.25) is 4.79 Å². The number of carbonyl (C=O) groups is 1. The van der Waals surface area contributed by atoms with Gasteiger partial charge in [0.2, 0.25) is 0 Å². The van der Waals surface area contributed by atoms with Gasteiger partial charge in [0, 0.05) is 43.3 Å². The third kappa shape index (κ3) is 4.14. The summed E-state index contributed by atoms with van der Waals surface area (Å²) in [5.41, 5.74) is 0.958. The smallest absolute Gasteiger partial charge is 0.344 e. The highest BCUT2D eigenvalue weighted by molar-refractivity contribution is 6.04. The summed E-state index contributed by atoms with van der Waals surface area (Å²) in [5.74, 6) is 0.0974. The summed E-state index contributed by atoms with van der Waals surface area (Å²) in [6.07, 6.45) is -0.688. The number of rotatable bonds is 4. The minimum Gasteiger partial charge on any atom is -0.481 e. The number of ether oxygens (including phenoxy) is 1. The van der Waals surface area contributed by atoms with Crippen molar-refractivity contribution >= 4 is 33.3 Å². The summed E-state index contributed by atoms with van der Waals surface area (Å²) in [6, 6.07) is 19.0. The summed E-state index contributed by atoms with van der Waals surface area (Å²) in [6.45, 7) is 4.16. The molecule has 0 unspecified atom stereocenters. The molecule has 4 aromatic rings. The fourth-order valence-corrected chi connectivity index (χ4v) is 4.28. The molecule has 5 rings (SSSR count). The molecule has 1 aliphatic rings. The van der Waals surface area contributed by atoms with Crippen LogP contribution in [0.25, 0.3) is 21.7 Å². The normalized spacial score (nSPS) is 15.1. The van der Waals surface area contributed by atoms with E-state index in [4.69, 9.17) is 9.15 Å². The lowest BCUT2D eigenvalue weighted by Gasteiger charge is -2.37. The van der Waals surface area contributed by atoms with Gasteiger partial charge in [-0.1, -0.05) is 18.2 Å². The van der Waals surface area contributed by atoms with E-state index in [0.29, 0.717) is 42.9 Å². The molecule has 0 bridgehead atoms. The molecule has 3 aromatic carbocycles. The highest BCUT2D eigenvalue weighted by Gasteiger charge is 2.26. The fraction of sp³-hybridized carbons (Fsp3) is 0.231. The number of amides is 1. The number of benzene rings is 3. The van der Waals surface area contributed by atoms with Crippen LogP contribution in [-0.4, -0.2) is 43.1 Å². The summed E-state index contributed by atoms with van der Waals surface area (Å²) in [7, 11) is 0. The number of piperazine rings is 1. The van der Waals surface area contributed by atoms with E-state index >= 15 is 0 Å². The first-order chi connectivity index (χ1) is 16.0. The van der Waals surface area contributed by atoms with Crippen molar-refractivity contribution in [3.8, 4) is 5.75 Å². The lowest BCUT2D eigenvalue weighted by atomic mass is 10.1. The molecule has 1 amide bonds. The van der Waals surface area contributed by atoms with Gasteiger partial charge in [-0.05, 0) is 54.8 Å². The molecule has 168 valence electrons. The molecule has 33 heavy (non-hydrogen) atoms. The fourth-order valence-electron chi connectivity index (χ4n) is 4.28. The highest BCUT2D eigenvalue weighted by Crippen LogP contribution is 2.27. The predicted molar refractivity (Wildman–Crippen MR) is 125 cm³/mol. The molecule has 1 aliphatic heterocycles. The zero-order chi connectivity index (χ0) is 22.9. The third-order valence-electron chi connectivity index (χ3n) is 6.04. The van der Waals surface area contributed by atoms with Crippen LogP contribution in [0.2, 0.25) is 0 Å². The van der Waals surface area contributed by atoms with Crippen molar-refractivity contribution in [2.45, 2.75) is 13.0 Å². The summed E-state index contributed by atoms with van der Waals surface area (Å²) >= 11 is 0. The zero-order valence-electron chi connectivity index (χ0n) is 18.2. The molecule has 1 aromatic heterocycles. The van der Waals surface area contributed by atoms with Crippen LogP contribution in [0.1, 0.15) is 6.92 Å². The molecule has 7 heteroatoms. The maximum Gasteiger partial charge on any atom is 0.344 e. The second-order valence-corrected chi connectivity index (χ2v) is 8.14. The average molecular weight is 446 g/mol. The first kappa shape index (κ1) is 21.0. The van der Waals surface area contributed by atoms with E-state index in [0.717, 1.165) is 16.5 Å². The standard InChI is InChI=1S/C26H23FN2O4/c1-17(25(30)29-14-12-28(13-15-29)19-8-6-18(27)7-9-19)32-20-10-11-22-21-4-2-3-5-23(21)26(31)33-24(22)16-20/h2-11,16-17H,12-15H2,1H3/t17-/m1/s1. The Morgan fingerprint density at radius 2 is 1.64 bits per heavy atom. The summed E-state index contributed by atoms with van der Waals surface area (Å²) in [5, 5.41) is 2.16. The first-order valence-corrected chi connectivity index (χ1v) is 10.9. The van der Waals surface area contributed by atoms with Gasteiger partial charge in [-0.2, -0.15) is 0 Å². The first-order valence-electron chi connectivity index (χ1n) is 10.9. The number of carbonyl (C=O) groups excluding carboxylic acids is 1.